The fourth-order valence-corrected chi connectivity index (χ4v) is 6.12. The van der Waals surface area contributed by atoms with Crippen molar-refractivity contribution in [1.29, 1.82) is 0 Å². The Morgan fingerprint density at radius 3 is 2.40 bits per heavy atom. The van der Waals surface area contributed by atoms with Crippen LogP contribution in [0.1, 0.15) is 48.2 Å². The number of piperidine rings is 1. The predicted molar refractivity (Wildman–Crippen MR) is 169 cm³/mol. The van der Waals surface area contributed by atoms with Crippen LogP contribution in [0.2, 0.25) is 0 Å². The van der Waals surface area contributed by atoms with Crippen molar-refractivity contribution in [2.24, 2.45) is 0 Å². The molecule has 0 atom stereocenters. The lowest BCUT2D eigenvalue weighted by atomic mass is 9.73. The van der Waals surface area contributed by atoms with Crippen LogP contribution < -0.4 is 26.2 Å². The zero-order valence-electron chi connectivity index (χ0n) is 24.0. The van der Waals surface area contributed by atoms with E-state index in [1.807, 2.05) is 41.3 Å². The molecule has 0 bridgehead atoms. The second-order valence-electron chi connectivity index (χ2n) is 11.4. The highest BCUT2D eigenvalue weighted by atomic mass is 16.2. The number of nitrogens with two attached hydrogens (primary N) is 1. The number of hydrogen-bond acceptors (Lipinski definition) is 6. The van der Waals surface area contributed by atoms with Crippen molar-refractivity contribution in [3.05, 3.63) is 108 Å². The van der Waals surface area contributed by atoms with Gasteiger partial charge in [-0.15, -0.1) is 0 Å². The minimum Gasteiger partial charge on any atom is -0.397 e. The number of aromatic nitrogens is 1. The molecule has 2 amide bonds. The molecule has 0 unspecified atom stereocenters. The van der Waals surface area contributed by atoms with Crippen molar-refractivity contribution in [3.63, 3.8) is 0 Å². The first-order valence-electron chi connectivity index (χ1n) is 14.5. The lowest BCUT2D eigenvalue weighted by Gasteiger charge is -2.39. The highest BCUT2D eigenvalue weighted by molar-refractivity contribution is 6.09. The molecule has 8 heteroatoms. The number of pyridine rings is 1. The lowest BCUT2D eigenvalue weighted by molar-refractivity contribution is -0.124. The summed E-state index contributed by atoms with van der Waals surface area (Å²) in [5.41, 5.74) is 11.3. The normalized spacial score (nSPS) is 15.6. The Bertz CT molecular complexity index is 1590. The summed E-state index contributed by atoms with van der Waals surface area (Å²) in [4.78, 5) is 35.5. The zero-order valence-corrected chi connectivity index (χ0v) is 24.0. The number of nitrogen functional groups attached to an aromatic ring is 1. The van der Waals surface area contributed by atoms with Gasteiger partial charge in [-0.25, -0.2) is 4.98 Å². The standard InChI is InChI=1S/C34H36N6O2/c1-23(2)40-30-14-13-26(36-21-24-8-4-3-5-9-24)20-27(30)34(33(40)42)16-18-39(19-17-34)31-15-12-25(22-37-31)32(41)38-29-11-7-6-10-28(29)35/h3-15,20,22-23,36H,16-19,21,35H2,1-2H3,(H,38,41). The van der Waals surface area contributed by atoms with E-state index in [1.54, 1.807) is 24.4 Å². The van der Waals surface area contributed by atoms with Crippen LogP contribution in [0.5, 0.6) is 0 Å². The number of nitrogens with zero attached hydrogens (tertiary/aromatic N) is 3. The molecular formula is C34H36N6O2. The van der Waals surface area contributed by atoms with E-state index in [9.17, 15) is 9.59 Å². The van der Waals surface area contributed by atoms with Gasteiger partial charge in [0.05, 0.1) is 22.4 Å². The molecule has 1 saturated heterocycles. The average molecular weight is 561 g/mol. The van der Waals surface area contributed by atoms with E-state index in [2.05, 4.69) is 64.7 Å². The number of para-hydroxylation sites is 2. The third-order valence-electron chi connectivity index (χ3n) is 8.42. The van der Waals surface area contributed by atoms with Crippen molar-refractivity contribution < 1.29 is 9.59 Å². The number of amides is 2. The van der Waals surface area contributed by atoms with Gasteiger partial charge in [0.25, 0.3) is 5.91 Å². The minimum absolute atomic E-state index is 0.0726. The van der Waals surface area contributed by atoms with Gasteiger partial charge in [-0.1, -0.05) is 42.5 Å². The van der Waals surface area contributed by atoms with Gasteiger partial charge in [0, 0.05) is 43.2 Å². The summed E-state index contributed by atoms with van der Waals surface area (Å²) in [6, 6.07) is 27.5. The van der Waals surface area contributed by atoms with E-state index in [-0.39, 0.29) is 17.9 Å². The van der Waals surface area contributed by atoms with E-state index in [4.69, 9.17) is 5.73 Å². The highest BCUT2D eigenvalue weighted by Gasteiger charge is 2.52. The van der Waals surface area contributed by atoms with Crippen LogP contribution in [0.25, 0.3) is 0 Å². The molecule has 6 rings (SSSR count). The average Bonchev–Trinajstić information content (AvgIpc) is 3.25. The second kappa shape index (κ2) is 11.2. The molecule has 2 aliphatic heterocycles. The molecule has 0 radical (unpaired) electrons. The van der Waals surface area contributed by atoms with Gasteiger partial charge in [-0.05, 0) is 80.3 Å². The van der Waals surface area contributed by atoms with Crippen LogP contribution in [0.4, 0.5) is 28.6 Å². The first-order valence-corrected chi connectivity index (χ1v) is 14.5. The molecule has 2 aliphatic rings. The SMILES string of the molecule is CC(C)N1C(=O)C2(CCN(c3ccc(C(=O)Nc4ccccc4N)cn3)CC2)c2cc(NCc3ccccc3)ccc21. The zero-order chi connectivity index (χ0) is 29.3. The highest BCUT2D eigenvalue weighted by Crippen LogP contribution is 2.50. The van der Waals surface area contributed by atoms with E-state index < -0.39 is 5.41 Å². The minimum atomic E-state index is -0.560. The maximum atomic E-state index is 14.0. The summed E-state index contributed by atoms with van der Waals surface area (Å²) in [5, 5.41) is 6.39. The first kappa shape index (κ1) is 27.3. The molecule has 4 N–H and O–H groups in total. The van der Waals surface area contributed by atoms with Crippen LogP contribution in [0.15, 0.2) is 91.1 Å². The fraction of sp³-hybridized carbons (Fsp3) is 0.265. The van der Waals surface area contributed by atoms with Crippen molar-refractivity contribution in [2.75, 3.05) is 39.3 Å². The molecule has 3 aromatic carbocycles. The Balaban J connectivity index is 1.18. The van der Waals surface area contributed by atoms with Gasteiger partial charge in [0.15, 0.2) is 0 Å². The summed E-state index contributed by atoms with van der Waals surface area (Å²) in [6.45, 7) is 6.26. The maximum absolute atomic E-state index is 14.0. The van der Waals surface area contributed by atoms with E-state index in [0.29, 0.717) is 42.9 Å². The number of anilines is 5. The number of benzene rings is 3. The number of carbonyl (C=O) groups excluding carboxylic acids is 2. The summed E-state index contributed by atoms with van der Waals surface area (Å²) in [5.74, 6) is 0.723. The van der Waals surface area contributed by atoms with Gasteiger partial charge in [-0.3, -0.25) is 9.59 Å². The topological polar surface area (TPSA) is 104 Å². The number of hydrogen-bond donors (Lipinski definition) is 3. The van der Waals surface area contributed by atoms with E-state index in [1.165, 1.54) is 5.56 Å². The summed E-state index contributed by atoms with van der Waals surface area (Å²) in [7, 11) is 0. The number of carbonyl (C=O) groups is 2. The number of fused-ring (bicyclic) bond motifs is 2. The summed E-state index contributed by atoms with van der Waals surface area (Å²) in [6.07, 6.45) is 2.98. The fourth-order valence-electron chi connectivity index (χ4n) is 6.12. The van der Waals surface area contributed by atoms with Crippen molar-refractivity contribution in [2.45, 2.75) is 44.7 Å². The Hall–Kier alpha value is -4.85. The maximum Gasteiger partial charge on any atom is 0.257 e. The Morgan fingerprint density at radius 2 is 1.71 bits per heavy atom. The molecule has 4 aromatic rings. The Labute approximate surface area is 246 Å². The predicted octanol–water partition coefficient (Wildman–Crippen LogP) is 5.82. The van der Waals surface area contributed by atoms with Gasteiger partial charge in [0.1, 0.15) is 5.82 Å². The molecule has 214 valence electrons. The first-order chi connectivity index (χ1) is 20.4. The van der Waals surface area contributed by atoms with E-state index >= 15 is 0 Å². The third-order valence-corrected chi connectivity index (χ3v) is 8.42. The van der Waals surface area contributed by atoms with Crippen LogP contribution in [-0.4, -0.2) is 35.9 Å². The van der Waals surface area contributed by atoms with Crippen LogP contribution >= 0.6 is 0 Å². The molecule has 1 spiro atoms. The molecule has 8 nitrogen and oxygen atoms in total. The molecule has 3 heterocycles. The van der Waals surface area contributed by atoms with Crippen molar-refractivity contribution >= 4 is 40.4 Å². The van der Waals surface area contributed by atoms with Gasteiger partial charge in [-0.2, -0.15) is 0 Å². The lowest BCUT2D eigenvalue weighted by Crippen LogP contribution is -2.50. The number of rotatable bonds is 7. The van der Waals surface area contributed by atoms with Crippen molar-refractivity contribution in [3.8, 4) is 0 Å². The van der Waals surface area contributed by atoms with Crippen LogP contribution in [-0.2, 0) is 16.8 Å². The quantitative estimate of drug-likeness (QED) is 0.246. The Kier molecular flexibility index (Phi) is 7.29. The van der Waals surface area contributed by atoms with Crippen molar-refractivity contribution in [1.82, 2.24) is 4.98 Å². The number of nitrogens with one attached hydrogen (secondary N) is 2. The molecule has 0 saturated carbocycles. The molecule has 1 fully saturated rings. The van der Waals surface area contributed by atoms with Crippen LogP contribution in [0, 0.1) is 0 Å². The molecular weight excluding hydrogens is 524 g/mol. The Morgan fingerprint density at radius 1 is 0.976 bits per heavy atom. The van der Waals surface area contributed by atoms with Crippen LogP contribution in [0.3, 0.4) is 0 Å². The largest absolute Gasteiger partial charge is 0.397 e. The molecule has 0 aliphatic carbocycles. The van der Waals surface area contributed by atoms with Gasteiger partial charge < -0.3 is 26.2 Å². The summed E-state index contributed by atoms with van der Waals surface area (Å²) < 4.78 is 0. The monoisotopic (exact) mass is 560 g/mol. The molecule has 42 heavy (non-hydrogen) atoms. The van der Waals surface area contributed by atoms with E-state index in [0.717, 1.165) is 29.3 Å². The third kappa shape index (κ3) is 5.04. The molecule has 1 aromatic heterocycles. The van der Waals surface area contributed by atoms with Gasteiger partial charge >= 0.3 is 0 Å². The van der Waals surface area contributed by atoms with Gasteiger partial charge in [0.2, 0.25) is 5.91 Å². The summed E-state index contributed by atoms with van der Waals surface area (Å²) >= 11 is 0. The smallest absolute Gasteiger partial charge is 0.257 e. The second-order valence-corrected chi connectivity index (χ2v) is 11.4.